The number of hydrogen-bond acceptors (Lipinski definition) is 2. The van der Waals surface area contributed by atoms with Crippen molar-refractivity contribution in [3.8, 4) is 11.5 Å². The highest BCUT2D eigenvalue weighted by atomic mass is 16.5. The molecule has 3 heteroatoms. The first-order valence-electron chi connectivity index (χ1n) is 8.51. The Morgan fingerprint density at radius 1 is 0.880 bits per heavy atom. The summed E-state index contributed by atoms with van der Waals surface area (Å²) in [6.07, 6.45) is 1.60. The average molecular weight is 329 g/mol. The van der Waals surface area contributed by atoms with Gasteiger partial charge in [0, 0.05) is 18.5 Å². The molecule has 0 spiro atoms. The second-order valence-corrected chi connectivity index (χ2v) is 6.17. The largest absolute Gasteiger partial charge is 0.456 e. The highest BCUT2D eigenvalue weighted by molar-refractivity contribution is 5.97. The average Bonchev–Trinajstić information content (AvgIpc) is 2.66. The van der Waals surface area contributed by atoms with E-state index < -0.39 is 0 Å². The van der Waals surface area contributed by atoms with Crippen molar-refractivity contribution in [2.45, 2.75) is 12.8 Å². The maximum Gasteiger partial charge on any atom is 0.255 e. The summed E-state index contributed by atoms with van der Waals surface area (Å²) in [6, 6.07) is 23.9. The Morgan fingerprint density at radius 3 is 2.52 bits per heavy atom. The number of para-hydroxylation sites is 2. The zero-order valence-electron chi connectivity index (χ0n) is 13.9. The number of carbonyl (C=O) groups is 1. The Morgan fingerprint density at radius 2 is 1.64 bits per heavy atom. The Hall–Kier alpha value is -3.07. The molecular formula is C22H19NO2. The fraction of sp³-hybridized carbons (Fsp3) is 0.136. The van der Waals surface area contributed by atoms with Crippen molar-refractivity contribution in [1.29, 1.82) is 0 Å². The van der Waals surface area contributed by atoms with Crippen LogP contribution in [-0.4, -0.2) is 12.5 Å². The Bertz CT molecular complexity index is 903. The zero-order valence-corrected chi connectivity index (χ0v) is 13.9. The highest BCUT2D eigenvalue weighted by Crippen LogP contribution is 2.38. The fourth-order valence-corrected chi connectivity index (χ4v) is 3.15. The fourth-order valence-electron chi connectivity index (χ4n) is 3.15. The van der Waals surface area contributed by atoms with E-state index >= 15 is 0 Å². The van der Waals surface area contributed by atoms with Gasteiger partial charge in [-0.1, -0.05) is 60.7 Å². The van der Waals surface area contributed by atoms with Gasteiger partial charge in [-0.25, -0.2) is 0 Å². The molecule has 1 heterocycles. The molecule has 0 saturated carbocycles. The number of hydrogen-bond donors (Lipinski definition) is 1. The van der Waals surface area contributed by atoms with Crippen LogP contribution in [0.3, 0.4) is 0 Å². The number of carbonyl (C=O) groups excluding carboxylic acids is 1. The number of fused-ring (bicyclic) bond motifs is 2. The molecule has 1 aliphatic heterocycles. The van der Waals surface area contributed by atoms with Crippen LogP contribution >= 0.6 is 0 Å². The minimum absolute atomic E-state index is 0.0906. The lowest BCUT2D eigenvalue weighted by atomic mass is 9.97. The Balaban J connectivity index is 1.49. The normalized spacial score (nSPS) is 11.8. The predicted octanol–water partition coefficient (Wildman–Crippen LogP) is 4.36. The summed E-state index contributed by atoms with van der Waals surface area (Å²) in [5.74, 6) is 1.42. The number of nitrogens with one attached hydrogen (secondary N) is 1. The molecule has 1 N–H and O–H groups in total. The van der Waals surface area contributed by atoms with Crippen molar-refractivity contribution < 1.29 is 9.53 Å². The van der Waals surface area contributed by atoms with Gasteiger partial charge in [-0.3, -0.25) is 4.79 Å². The van der Waals surface area contributed by atoms with Crippen LogP contribution in [0, 0.1) is 0 Å². The van der Waals surface area contributed by atoms with Crippen LogP contribution in [0.5, 0.6) is 11.5 Å². The van der Waals surface area contributed by atoms with Crippen molar-refractivity contribution in [1.82, 2.24) is 5.32 Å². The van der Waals surface area contributed by atoms with Gasteiger partial charge in [0.25, 0.3) is 5.91 Å². The number of benzene rings is 3. The maximum atomic E-state index is 12.6. The van der Waals surface area contributed by atoms with Crippen LogP contribution in [0.15, 0.2) is 72.8 Å². The summed E-state index contributed by atoms with van der Waals surface area (Å²) in [7, 11) is 0. The van der Waals surface area contributed by atoms with Crippen LogP contribution in [0.4, 0.5) is 0 Å². The molecule has 3 aromatic rings. The van der Waals surface area contributed by atoms with Crippen molar-refractivity contribution in [2.75, 3.05) is 6.54 Å². The van der Waals surface area contributed by atoms with Gasteiger partial charge in [0.2, 0.25) is 0 Å². The Labute approximate surface area is 147 Å². The molecule has 0 unspecified atom stereocenters. The molecule has 124 valence electrons. The standard InChI is InChI=1S/C22H19NO2/c24-22(23-14-13-16-7-2-1-3-8-16)19-11-6-10-18-15-17-9-4-5-12-20(17)25-21(18)19/h1-12H,13-15H2,(H,23,24). The van der Waals surface area contributed by atoms with Gasteiger partial charge >= 0.3 is 0 Å². The molecule has 0 radical (unpaired) electrons. The predicted molar refractivity (Wildman–Crippen MR) is 98.2 cm³/mol. The lowest BCUT2D eigenvalue weighted by Gasteiger charge is -2.22. The molecule has 0 aromatic heterocycles. The topological polar surface area (TPSA) is 38.3 Å². The lowest BCUT2D eigenvalue weighted by molar-refractivity contribution is 0.0951. The first-order valence-corrected chi connectivity index (χ1v) is 8.51. The minimum Gasteiger partial charge on any atom is -0.456 e. The van der Waals surface area contributed by atoms with Crippen LogP contribution in [-0.2, 0) is 12.8 Å². The highest BCUT2D eigenvalue weighted by Gasteiger charge is 2.22. The molecule has 25 heavy (non-hydrogen) atoms. The van der Waals surface area contributed by atoms with E-state index in [0.717, 1.165) is 29.7 Å². The molecule has 1 aliphatic rings. The summed E-state index contributed by atoms with van der Waals surface area (Å²) in [5, 5.41) is 3.00. The molecule has 0 atom stereocenters. The summed E-state index contributed by atoms with van der Waals surface area (Å²) < 4.78 is 6.03. The van der Waals surface area contributed by atoms with Gasteiger partial charge in [0.15, 0.2) is 0 Å². The van der Waals surface area contributed by atoms with E-state index in [2.05, 4.69) is 23.5 Å². The van der Waals surface area contributed by atoms with Crippen molar-refractivity contribution in [3.05, 3.63) is 95.1 Å². The molecule has 4 rings (SSSR count). The van der Waals surface area contributed by atoms with Crippen molar-refractivity contribution in [3.63, 3.8) is 0 Å². The smallest absolute Gasteiger partial charge is 0.255 e. The summed E-state index contributed by atoms with van der Waals surface area (Å²) >= 11 is 0. The number of ether oxygens (including phenoxy) is 1. The van der Waals surface area contributed by atoms with Gasteiger partial charge in [0.05, 0.1) is 5.56 Å². The third kappa shape index (κ3) is 3.26. The van der Waals surface area contributed by atoms with E-state index in [-0.39, 0.29) is 5.91 Å². The van der Waals surface area contributed by atoms with Crippen LogP contribution in [0.25, 0.3) is 0 Å². The first kappa shape index (κ1) is 15.5. The third-order valence-electron chi connectivity index (χ3n) is 4.45. The molecule has 0 bridgehead atoms. The van der Waals surface area contributed by atoms with Gasteiger partial charge in [0.1, 0.15) is 11.5 Å². The first-order chi connectivity index (χ1) is 12.3. The number of amides is 1. The molecule has 0 fully saturated rings. The van der Waals surface area contributed by atoms with Crippen molar-refractivity contribution >= 4 is 5.91 Å². The van der Waals surface area contributed by atoms with Crippen LogP contribution in [0.1, 0.15) is 27.0 Å². The molecule has 3 nitrogen and oxygen atoms in total. The Kier molecular flexibility index (Phi) is 4.21. The molecule has 1 amide bonds. The van der Waals surface area contributed by atoms with E-state index in [0.29, 0.717) is 17.9 Å². The van der Waals surface area contributed by atoms with E-state index in [1.54, 1.807) is 0 Å². The minimum atomic E-state index is -0.0906. The number of rotatable bonds is 4. The van der Waals surface area contributed by atoms with Gasteiger partial charge in [-0.2, -0.15) is 0 Å². The van der Waals surface area contributed by atoms with Crippen LogP contribution < -0.4 is 10.1 Å². The van der Waals surface area contributed by atoms with E-state index in [1.807, 2.05) is 54.6 Å². The SMILES string of the molecule is O=C(NCCc1ccccc1)c1cccc2c1Oc1ccccc1C2. The second-order valence-electron chi connectivity index (χ2n) is 6.17. The van der Waals surface area contributed by atoms with E-state index in [1.165, 1.54) is 5.56 Å². The zero-order chi connectivity index (χ0) is 17.1. The van der Waals surface area contributed by atoms with E-state index in [9.17, 15) is 4.79 Å². The third-order valence-corrected chi connectivity index (χ3v) is 4.45. The lowest BCUT2D eigenvalue weighted by Crippen LogP contribution is -2.26. The van der Waals surface area contributed by atoms with Crippen molar-refractivity contribution in [2.24, 2.45) is 0 Å². The second kappa shape index (κ2) is 6.81. The molecule has 0 aliphatic carbocycles. The summed E-state index contributed by atoms with van der Waals surface area (Å²) in [4.78, 5) is 12.6. The quantitative estimate of drug-likeness (QED) is 0.604. The van der Waals surface area contributed by atoms with Crippen LogP contribution in [0.2, 0.25) is 0 Å². The molecule has 0 saturated heterocycles. The summed E-state index contributed by atoms with van der Waals surface area (Å²) in [5.41, 5.74) is 4.01. The summed E-state index contributed by atoms with van der Waals surface area (Å²) in [6.45, 7) is 0.600. The molecular weight excluding hydrogens is 310 g/mol. The van der Waals surface area contributed by atoms with Gasteiger partial charge < -0.3 is 10.1 Å². The monoisotopic (exact) mass is 329 g/mol. The van der Waals surface area contributed by atoms with Gasteiger partial charge in [-0.05, 0) is 29.7 Å². The van der Waals surface area contributed by atoms with Gasteiger partial charge in [-0.15, -0.1) is 0 Å². The van der Waals surface area contributed by atoms with E-state index in [4.69, 9.17) is 4.74 Å². The molecule has 3 aromatic carbocycles. The maximum absolute atomic E-state index is 12.6.